The SMILES string of the molecule is CCc1cnc(C)nc1N1CCOc2ccccc2C1. The monoisotopic (exact) mass is 269 g/mol. The second-order valence-corrected chi connectivity index (χ2v) is 5.00. The predicted octanol–water partition coefficient (Wildman–Crippen LogP) is 2.75. The second kappa shape index (κ2) is 5.49. The fourth-order valence-corrected chi connectivity index (χ4v) is 2.51. The average molecular weight is 269 g/mol. The second-order valence-electron chi connectivity index (χ2n) is 5.00. The minimum absolute atomic E-state index is 0.684. The van der Waals surface area contributed by atoms with E-state index in [-0.39, 0.29) is 0 Å². The first-order chi connectivity index (χ1) is 9.78. The van der Waals surface area contributed by atoms with Gasteiger partial charge in [0.25, 0.3) is 0 Å². The summed E-state index contributed by atoms with van der Waals surface area (Å²) in [7, 11) is 0. The molecule has 0 amide bonds. The Morgan fingerprint density at radius 2 is 2.15 bits per heavy atom. The quantitative estimate of drug-likeness (QED) is 0.840. The molecule has 0 atom stereocenters. The summed E-state index contributed by atoms with van der Waals surface area (Å²) in [6.45, 7) is 6.44. The van der Waals surface area contributed by atoms with Crippen molar-refractivity contribution in [3.8, 4) is 5.75 Å². The molecule has 4 heteroatoms. The summed E-state index contributed by atoms with van der Waals surface area (Å²) < 4.78 is 5.82. The summed E-state index contributed by atoms with van der Waals surface area (Å²) in [5, 5.41) is 0. The third-order valence-electron chi connectivity index (χ3n) is 3.60. The smallest absolute Gasteiger partial charge is 0.135 e. The van der Waals surface area contributed by atoms with Gasteiger partial charge in [0.2, 0.25) is 0 Å². The van der Waals surface area contributed by atoms with Gasteiger partial charge in [-0.3, -0.25) is 0 Å². The van der Waals surface area contributed by atoms with Crippen LogP contribution in [0.3, 0.4) is 0 Å². The van der Waals surface area contributed by atoms with E-state index in [1.807, 2.05) is 25.3 Å². The van der Waals surface area contributed by atoms with Gasteiger partial charge in [0.1, 0.15) is 24.0 Å². The van der Waals surface area contributed by atoms with Gasteiger partial charge in [-0.05, 0) is 19.4 Å². The Labute approximate surface area is 119 Å². The molecule has 104 valence electrons. The summed E-state index contributed by atoms with van der Waals surface area (Å²) in [4.78, 5) is 11.2. The fourth-order valence-electron chi connectivity index (χ4n) is 2.51. The molecule has 4 nitrogen and oxygen atoms in total. The van der Waals surface area contributed by atoms with Crippen molar-refractivity contribution in [3.63, 3.8) is 0 Å². The highest BCUT2D eigenvalue weighted by atomic mass is 16.5. The lowest BCUT2D eigenvalue weighted by Crippen LogP contribution is -2.27. The molecule has 0 saturated heterocycles. The number of hydrogen-bond donors (Lipinski definition) is 0. The molecule has 0 bridgehead atoms. The number of benzene rings is 1. The largest absolute Gasteiger partial charge is 0.491 e. The van der Waals surface area contributed by atoms with Crippen LogP contribution in [-0.4, -0.2) is 23.1 Å². The van der Waals surface area contributed by atoms with E-state index in [9.17, 15) is 0 Å². The van der Waals surface area contributed by atoms with Crippen LogP contribution in [0.1, 0.15) is 23.9 Å². The third kappa shape index (κ3) is 2.46. The van der Waals surface area contributed by atoms with Crippen molar-refractivity contribution in [1.82, 2.24) is 9.97 Å². The summed E-state index contributed by atoms with van der Waals surface area (Å²) >= 11 is 0. The van der Waals surface area contributed by atoms with Crippen LogP contribution < -0.4 is 9.64 Å². The van der Waals surface area contributed by atoms with Crippen molar-refractivity contribution in [3.05, 3.63) is 47.4 Å². The summed E-state index contributed by atoms with van der Waals surface area (Å²) in [6.07, 6.45) is 2.88. The molecule has 3 rings (SSSR count). The number of hydrogen-bond acceptors (Lipinski definition) is 4. The zero-order chi connectivity index (χ0) is 13.9. The number of rotatable bonds is 2. The van der Waals surface area contributed by atoms with Crippen LogP contribution in [0.15, 0.2) is 30.5 Å². The Morgan fingerprint density at radius 1 is 1.30 bits per heavy atom. The Kier molecular flexibility index (Phi) is 3.54. The maximum absolute atomic E-state index is 5.82. The Morgan fingerprint density at radius 3 is 3.00 bits per heavy atom. The van der Waals surface area contributed by atoms with Crippen LogP contribution in [-0.2, 0) is 13.0 Å². The lowest BCUT2D eigenvalue weighted by molar-refractivity contribution is 0.331. The highest BCUT2D eigenvalue weighted by Gasteiger charge is 2.18. The van der Waals surface area contributed by atoms with Crippen LogP contribution in [0.25, 0.3) is 0 Å². The zero-order valence-corrected chi connectivity index (χ0v) is 12.0. The van der Waals surface area contributed by atoms with E-state index in [0.717, 1.165) is 36.9 Å². The summed E-state index contributed by atoms with van der Waals surface area (Å²) in [5.41, 5.74) is 2.40. The van der Waals surface area contributed by atoms with Crippen LogP contribution in [0.4, 0.5) is 5.82 Å². The van der Waals surface area contributed by atoms with E-state index in [1.54, 1.807) is 0 Å². The van der Waals surface area contributed by atoms with E-state index in [1.165, 1.54) is 11.1 Å². The maximum atomic E-state index is 5.82. The van der Waals surface area contributed by atoms with E-state index >= 15 is 0 Å². The first-order valence-electron chi connectivity index (χ1n) is 7.06. The third-order valence-corrected chi connectivity index (χ3v) is 3.60. The molecule has 0 fully saturated rings. The summed E-state index contributed by atoms with van der Waals surface area (Å²) in [5.74, 6) is 2.84. The topological polar surface area (TPSA) is 38.2 Å². The van der Waals surface area contributed by atoms with Crippen LogP contribution in [0.5, 0.6) is 5.75 Å². The van der Waals surface area contributed by atoms with Gasteiger partial charge in [0.15, 0.2) is 0 Å². The molecule has 1 aromatic carbocycles. The molecule has 1 aliphatic heterocycles. The lowest BCUT2D eigenvalue weighted by atomic mass is 10.1. The van der Waals surface area contributed by atoms with E-state index in [2.05, 4.69) is 33.9 Å². The Balaban J connectivity index is 1.97. The summed E-state index contributed by atoms with van der Waals surface area (Å²) in [6, 6.07) is 8.22. The molecule has 0 saturated carbocycles. The van der Waals surface area contributed by atoms with Crippen molar-refractivity contribution in [2.24, 2.45) is 0 Å². The highest BCUT2D eigenvalue weighted by Crippen LogP contribution is 2.27. The first kappa shape index (κ1) is 12.9. The first-order valence-corrected chi connectivity index (χ1v) is 7.06. The number of nitrogens with zero attached hydrogens (tertiary/aromatic N) is 3. The highest BCUT2D eigenvalue weighted by molar-refractivity contribution is 5.49. The normalized spacial score (nSPS) is 14.4. The number of para-hydroxylation sites is 1. The van der Waals surface area contributed by atoms with Crippen molar-refractivity contribution in [2.45, 2.75) is 26.8 Å². The number of aromatic nitrogens is 2. The molecule has 0 aliphatic carbocycles. The molecule has 20 heavy (non-hydrogen) atoms. The molecule has 2 aromatic rings. The standard InChI is InChI=1S/C16H19N3O/c1-3-13-10-17-12(2)18-16(13)19-8-9-20-15-7-5-4-6-14(15)11-19/h4-7,10H,3,8-9,11H2,1-2H3. The molecule has 0 spiro atoms. The van der Waals surface area contributed by atoms with Gasteiger partial charge in [-0.25, -0.2) is 9.97 Å². The average Bonchev–Trinajstić information content (AvgIpc) is 2.69. The van der Waals surface area contributed by atoms with Crippen LogP contribution in [0, 0.1) is 6.92 Å². The van der Waals surface area contributed by atoms with Crippen molar-refractivity contribution >= 4 is 5.82 Å². The van der Waals surface area contributed by atoms with Gasteiger partial charge < -0.3 is 9.64 Å². The lowest BCUT2D eigenvalue weighted by Gasteiger charge is -2.23. The molecular weight excluding hydrogens is 250 g/mol. The number of anilines is 1. The van der Waals surface area contributed by atoms with Gasteiger partial charge in [-0.15, -0.1) is 0 Å². The predicted molar refractivity (Wildman–Crippen MR) is 79.1 cm³/mol. The minimum atomic E-state index is 0.684. The van der Waals surface area contributed by atoms with Gasteiger partial charge in [0.05, 0.1) is 6.54 Å². The molecule has 1 aromatic heterocycles. The van der Waals surface area contributed by atoms with Crippen molar-refractivity contribution in [1.29, 1.82) is 0 Å². The van der Waals surface area contributed by atoms with Crippen molar-refractivity contribution < 1.29 is 4.74 Å². The minimum Gasteiger partial charge on any atom is -0.491 e. The Hall–Kier alpha value is -2.10. The number of fused-ring (bicyclic) bond motifs is 1. The molecular formula is C16H19N3O. The number of ether oxygens (including phenoxy) is 1. The van der Waals surface area contributed by atoms with Gasteiger partial charge in [0, 0.05) is 23.9 Å². The fraction of sp³-hybridized carbons (Fsp3) is 0.375. The van der Waals surface area contributed by atoms with Crippen LogP contribution in [0.2, 0.25) is 0 Å². The van der Waals surface area contributed by atoms with E-state index in [0.29, 0.717) is 6.61 Å². The van der Waals surface area contributed by atoms with Gasteiger partial charge in [-0.1, -0.05) is 25.1 Å². The molecule has 1 aliphatic rings. The van der Waals surface area contributed by atoms with Crippen LogP contribution >= 0.6 is 0 Å². The van der Waals surface area contributed by atoms with Gasteiger partial charge >= 0.3 is 0 Å². The molecule has 0 radical (unpaired) electrons. The zero-order valence-electron chi connectivity index (χ0n) is 12.0. The van der Waals surface area contributed by atoms with Gasteiger partial charge in [-0.2, -0.15) is 0 Å². The molecule has 2 heterocycles. The van der Waals surface area contributed by atoms with E-state index < -0.39 is 0 Å². The Bertz CT molecular complexity index is 612. The molecule has 0 unspecified atom stereocenters. The number of aryl methyl sites for hydroxylation is 2. The van der Waals surface area contributed by atoms with E-state index in [4.69, 9.17) is 4.74 Å². The maximum Gasteiger partial charge on any atom is 0.135 e. The molecule has 0 N–H and O–H groups in total. The van der Waals surface area contributed by atoms with Crippen molar-refractivity contribution in [2.75, 3.05) is 18.1 Å².